The van der Waals surface area contributed by atoms with Crippen LogP contribution in [0.15, 0.2) is 22.8 Å². The second kappa shape index (κ2) is 6.28. The molecule has 4 heteroatoms. The first-order valence-electron chi connectivity index (χ1n) is 5.67. The molecular formula is C12H21ClN2O. The topological polar surface area (TPSA) is 28.4 Å². The van der Waals surface area contributed by atoms with Crippen LogP contribution in [-0.2, 0) is 6.54 Å². The molecule has 0 bridgehead atoms. The maximum atomic E-state index is 5.28. The fourth-order valence-corrected chi connectivity index (χ4v) is 2.01. The highest BCUT2D eigenvalue weighted by Crippen LogP contribution is 2.34. The molecule has 0 aliphatic heterocycles. The van der Waals surface area contributed by atoms with Crippen LogP contribution in [0.3, 0.4) is 0 Å². The van der Waals surface area contributed by atoms with Crippen LogP contribution in [0, 0.1) is 5.92 Å². The van der Waals surface area contributed by atoms with Crippen molar-refractivity contribution in [1.29, 1.82) is 0 Å². The largest absolute Gasteiger partial charge is 0.468 e. The van der Waals surface area contributed by atoms with E-state index in [1.54, 1.807) is 6.26 Å². The molecular weight excluding hydrogens is 224 g/mol. The normalized spacial score (nSPS) is 17.2. The second-order valence-electron chi connectivity index (χ2n) is 4.58. The van der Waals surface area contributed by atoms with Gasteiger partial charge in [0.1, 0.15) is 5.76 Å². The Balaban J connectivity index is 0.00000128. The highest BCUT2D eigenvalue weighted by Gasteiger charge is 2.31. The first-order valence-corrected chi connectivity index (χ1v) is 5.67. The number of hydrogen-bond donors (Lipinski definition) is 1. The summed E-state index contributed by atoms with van der Waals surface area (Å²) in [5.74, 6) is 1.92. The molecule has 16 heavy (non-hydrogen) atoms. The Hall–Kier alpha value is -0.510. The third kappa shape index (κ3) is 3.81. The highest BCUT2D eigenvalue weighted by molar-refractivity contribution is 5.85. The van der Waals surface area contributed by atoms with Gasteiger partial charge in [0.05, 0.1) is 12.8 Å². The molecule has 1 aliphatic carbocycles. The summed E-state index contributed by atoms with van der Waals surface area (Å²) in [5, 5.41) is 3.46. The van der Waals surface area contributed by atoms with E-state index in [9.17, 15) is 0 Å². The average Bonchev–Trinajstić information content (AvgIpc) is 2.89. The average molecular weight is 245 g/mol. The molecule has 0 spiro atoms. The van der Waals surface area contributed by atoms with Gasteiger partial charge in [-0.3, -0.25) is 0 Å². The molecule has 0 aromatic carbocycles. The summed E-state index contributed by atoms with van der Waals surface area (Å²) in [4.78, 5) is 2.33. The maximum Gasteiger partial charge on any atom is 0.117 e. The van der Waals surface area contributed by atoms with Gasteiger partial charge in [0.25, 0.3) is 0 Å². The molecule has 1 aliphatic rings. The van der Waals surface area contributed by atoms with Gasteiger partial charge in [-0.05, 0) is 45.0 Å². The molecule has 1 heterocycles. The zero-order valence-corrected chi connectivity index (χ0v) is 10.8. The molecule has 0 amide bonds. The summed E-state index contributed by atoms with van der Waals surface area (Å²) >= 11 is 0. The molecule has 1 atom stereocenters. The fraction of sp³-hybridized carbons (Fsp3) is 0.667. The first-order chi connectivity index (χ1) is 7.27. The van der Waals surface area contributed by atoms with Crippen LogP contribution in [0.4, 0.5) is 0 Å². The molecule has 1 aromatic rings. The van der Waals surface area contributed by atoms with Crippen molar-refractivity contribution in [2.45, 2.75) is 25.4 Å². The Morgan fingerprint density at radius 1 is 1.50 bits per heavy atom. The van der Waals surface area contributed by atoms with Crippen molar-refractivity contribution >= 4 is 12.4 Å². The van der Waals surface area contributed by atoms with Crippen molar-refractivity contribution in [1.82, 2.24) is 10.2 Å². The third-order valence-electron chi connectivity index (χ3n) is 3.06. The summed E-state index contributed by atoms with van der Waals surface area (Å²) in [6, 6.07) is 4.62. The molecule has 1 N–H and O–H groups in total. The van der Waals surface area contributed by atoms with E-state index in [4.69, 9.17) is 4.42 Å². The van der Waals surface area contributed by atoms with Crippen molar-refractivity contribution in [2.75, 3.05) is 20.6 Å². The predicted molar refractivity (Wildman–Crippen MR) is 67.9 cm³/mol. The number of likely N-dealkylation sites (N-methyl/N-ethyl adjacent to an activating group) is 1. The number of rotatable bonds is 6. The summed E-state index contributed by atoms with van der Waals surface area (Å²) in [6.07, 6.45) is 4.51. The van der Waals surface area contributed by atoms with Gasteiger partial charge in [0.15, 0.2) is 0 Å². The number of halogens is 1. The van der Waals surface area contributed by atoms with E-state index in [0.717, 1.165) is 24.8 Å². The van der Waals surface area contributed by atoms with Crippen molar-refractivity contribution in [2.24, 2.45) is 5.92 Å². The molecule has 1 fully saturated rings. The molecule has 92 valence electrons. The van der Waals surface area contributed by atoms with E-state index in [1.807, 2.05) is 12.1 Å². The van der Waals surface area contributed by atoms with E-state index in [-0.39, 0.29) is 12.4 Å². The van der Waals surface area contributed by atoms with Crippen LogP contribution in [0.1, 0.15) is 18.6 Å². The van der Waals surface area contributed by atoms with Crippen LogP contribution in [0.2, 0.25) is 0 Å². The van der Waals surface area contributed by atoms with Crippen LogP contribution in [-0.4, -0.2) is 31.6 Å². The zero-order chi connectivity index (χ0) is 10.7. The quantitative estimate of drug-likeness (QED) is 0.831. The summed E-state index contributed by atoms with van der Waals surface area (Å²) in [7, 11) is 4.33. The van der Waals surface area contributed by atoms with Gasteiger partial charge in [0, 0.05) is 12.6 Å². The molecule has 1 saturated carbocycles. The number of furan rings is 1. The highest BCUT2D eigenvalue weighted by atomic mass is 35.5. The first kappa shape index (κ1) is 13.6. The van der Waals surface area contributed by atoms with Crippen LogP contribution < -0.4 is 5.32 Å². The van der Waals surface area contributed by atoms with Gasteiger partial charge in [-0.15, -0.1) is 12.4 Å². The van der Waals surface area contributed by atoms with E-state index in [1.165, 1.54) is 12.8 Å². The number of nitrogens with one attached hydrogen (secondary N) is 1. The van der Waals surface area contributed by atoms with Gasteiger partial charge in [0.2, 0.25) is 0 Å². The number of nitrogens with zero attached hydrogens (tertiary/aromatic N) is 1. The lowest BCUT2D eigenvalue weighted by atomic mass is 10.1. The Morgan fingerprint density at radius 2 is 2.25 bits per heavy atom. The smallest absolute Gasteiger partial charge is 0.117 e. The van der Waals surface area contributed by atoms with Gasteiger partial charge < -0.3 is 14.6 Å². The fourth-order valence-electron chi connectivity index (χ4n) is 2.01. The van der Waals surface area contributed by atoms with Crippen molar-refractivity contribution in [3.05, 3.63) is 24.2 Å². The summed E-state index contributed by atoms with van der Waals surface area (Å²) in [6.45, 7) is 1.89. The minimum absolute atomic E-state index is 0. The van der Waals surface area contributed by atoms with Crippen LogP contribution in [0.25, 0.3) is 0 Å². The Kier molecular flexibility index (Phi) is 5.32. The van der Waals surface area contributed by atoms with Gasteiger partial charge in [-0.2, -0.15) is 0 Å². The van der Waals surface area contributed by atoms with Gasteiger partial charge >= 0.3 is 0 Å². The Labute approximate surface area is 104 Å². The second-order valence-corrected chi connectivity index (χ2v) is 4.58. The van der Waals surface area contributed by atoms with E-state index < -0.39 is 0 Å². The Bertz CT molecular complexity index is 281. The van der Waals surface area contributed by atoms with E-state index in [0.29, 0.717) is 6.04 Å². The zero-order valence-electron chi connectivity index (χ0n) is 9.98. The number of hydrogen-bond acceptors (Lipinski definition) is 3. The third-order valence-corrected chi connectivity index (χ3v) is 3.06. The molecule has 0 saturated heterocycles. The van der Waals surface area contributed by atoms with Crippen LogP contribution in [0.5, 0.6) is 0 Å². The van der Waals surface area contributed by atoms with Crippen molar-refractivity contribution in [3.8, 4) is 0 Å². The van der Waals surface area contributed by atoms with Gasteiger partial charge in [-0.25, -0.2) is 0 Å². The molecule has 3 nitrogen and oxygen atoms in total. The van der Waals surface area contributed by atoms with E-state index >= 15 is 0 Å². The standard InChI is InChI=1S/C12H20N2O.ClH/c1-14(2)12(10-5-6-10)9-13-8-11-4-3-7-15-11;/h3-4,7,10,12-13H,5-6,8-9H2,1-2H3;1H. The molecule has 1 aromatic heterocycles. The maximum absolute atomic E-state index is 5.28. The summed E-state index contributed by atoms with van der Waals surface area (Å²) < 4.78 is 5.28. The lowest BCUT2D eigenvalue weighted by Gasteiger charge is -2.24. The predicted octanol–water partition coefficient (Wildman–Crippen LogP) is 2.13. The Morgan fingerprint density at radius 3 is 2.75 bits per heavy atom. The molecule has 0 radical (unpaired) electrons. The molecule has 1 unspecified atom stereocenters. The minimum Gasteiger partial charge on any atom is -0.468 e. The van der Waals surface area contributed by atoms with E-state index in [2.05, 4.69) is 24.3 Å². The molecule has 2 rings (SSSR count). The van der Waals surface area contributed by atoms with Gasteiger partial charge in [-0.1, -0.05) is 0 Å². The van der Waals surface area contributed by atoms with Crippen molar-refractivity contribution in [3.63, 3.8) is 0 Å². The summed E-state index contributed by atoms with van der Waals surface area (Å²) in [5.41, 5.74) is 0. The minimum atomic E-state index is 0. The lowest BCUT2D eigenvalue weighted by Crippen LogP contribution is -2.39. The van der Waals surface area contributed by atoms with Crippen molar-refractivity contribution < 1.29 is 4.42 Å². The van der Waals surface area contributed by atoms with Crippen LogP contribution >= 0.6 is 12.4 Å². The monoisotopic (exact) mass is 244 g/mol. The SMILES string of the molecule is CN(C)C(CNCc1ccco1)C1CC1.Cl. The lowest BCUT2D eigenvalue weighted by molar-refractivity contribution is 0.253.